The Labute approximate surface area is 146 Å². The van der Waals surface area contributed by atoms with E-state index in [1.807, 2.05) is 31.2 Å². The van der Waals surface area contributed by atoms with Crippen LogP contribution in [0.5, 0.6) is 0 Å². The van der Waals surface area contributed by atoms with Crippen LogP contribution < -0.4 is 16.0 Å². The van der Waals surface area contributed by atoms with Gasteiger partial charge in [-0.05, 0) is 18.1 Å². The average Bonchev–Trinajstić information content (AvgIpc) is 2.94. The van der Waals surface area contributed by atoms with Gasteiger partial charge in [-0.2, -0.15) is 0 Å². The molecular weight excluding hydrogens is 340 g/mol. The van der Waals surface area contributed by atoms with Crippen molar-refractivity contribution in [1.82, 2.24) is 5.32 Å². The zero-order valence-electron chi connectivity index (χ0n) is 13.4. The van der Waals surface area contributed by atoms with Gasteiger partial charge >= 0.3 is 0 Å². The predicted molar refractivity (Wildman–Crippen MR) is 90.5 cm³/mol. The molecule has 134 valence electrons. The Morgan fingerprint density at radius 3 is 2.71 bits per heavy atom. The summed E-state index contributed by atoms with van der Waals surface area (Å²) in [6, 6.07) is 7.48. The number of carbonyl (C=O) groups excluding carboxylic acids is 2. The summed E-state index contributed by atoms with van der Waals surface area (Å²) in [5.74, 6) is -4.46. The number of hydrogen-bond acceptors (Lipinski definition) is 3. The molecule has 2 rings (SSSR count). The first-order chi connectivity index (χ1) is 10.9. The van der Waals surface area contributed by atoms with Crippen LogP contribution in [-0.4, -0.2) is 37.4 Å². The monoisotopic (exact) mass is 361 g/mol. The van der Waals surface area contributed by atoms with Crippen molar-refractivity contribution in [2.45, 2.75) is 25.7 Å². The summed E-state index contributed by atoms with van der Waals surface area (Å²) in [7, 11) is 0. The van der Waals surface area contributed by atoms with Crippen LogP contribution in [0.15, 0.2) is 24.3 Å². The molecule has 1 saturated heterocycles. The molecule has 5 nitrogen and oxygen atoms in total. The van der Waals surface area contributed by atoms with Gasteiger partial charge < -0.3 is 16.0 Å². The lowest BCUT2D eigenvalue weighted by Crippen LogP contribution is -2.44. The van der Waals surface area contributed by atoms with E-state index in [9.17, 15) is 18.4 Å². The van der Waals surface area contributed by atoms with E-state index >= 15 is 0 Å². The molecule has 1 fully saturated rings. The van der Waals surface area contributed by atoms with E-state index in [1.54, 1.807) is 4.90 Å². The minimum Gasteiger partial charge on any atom is -0.350 e. The van der Waals surface area contributed by atoms with Gasteiger partial charge in [0.25, 0.3) is 5.92 Å². The van der Waals surface area contributed by atoms with Crippen molar-refractivity contribution in [1.29, 1.82) is 0 Å². The highest BCUT2D eigenvalue weighted by Gasteiger charge is 2.37. The Kier molecular flexibility index (Phi) is 7.10. The van der Waals surface area contributed by atoms with E-state index in [2.05, 4.69) is 5.32 Å². The topological polar surface area (TPSA) is 75.4 Å². The minimum absolute atomic E-state index is 0. The first kappa shape index (κ1) is 20.3. The molecule has 1 heterocycles. The van der Waals surface area contributed by atoms with E-state index in [1.165, 1.54) is 0 Å². The van der Waals surface area contributed by atoms with Crippen molar-refractivity contribution in [3.63, 3.8) is 0 Å². The van der Waals surface area contributed by atoms with Crippen LogP contribution in [0.4, 0.5) is 14.5 Å². The molecule has 1 aliphatic rings. The highest BCUT2D eigenvalue weighted by Crippen LogP contribution is 2.28. The lowest BCUT2D eigenvalue weighted by atomic mass is 10.1. The van der Waals surface area contributed by atoms with Gasteiger partial charge in [0, 0.05) is 18.7 Å². The number of nitrogens with two attached hydrogens (primary N) is 1. The number of anilines is 1. The van der Waals surface area contributed by atoms with Gasteiger partial charge in [-0.25, -0.2) is 8.78 Å². The van der Waals surface area contributed by atoms with Crippen molar-refractivity contribution in [3.05, 3.63) is 29.8 Å². The number of carbonyl (C=O) groups is 2. The van der Waals surface area contributed by atoms with Crippen LogP contribution >= 0.6 is 12.4 Å². The number of alkyl halides is 2. The molecule has 2 amide bonds. The summed E-state index contributed by atoms with van der Waals surface area (Å²) in [5, 5.41) is 2.19. The molecule has 0 bridgehead atoms. The van der Waals surface area contributed by atoms with Crippen LogP contribution in [0.3, 0.4) is 0 Å². The number of aryl methyl sites for hydroxylation is 1. The highest BCUT2D eigenvalue weighted by atomic mass is 35.5. The van der Waals surface area contributed by atoms with Crippen LogP contribution in [-0.2, 0) is 16.0 Å². The quantitative estimate of drug-likeness (QED) is 0.810. The third-order valence-corrected chi connectivity index (χ3v) is 3.98. The number of hydrogen-bond donors (Lipinski definition) is 2. The fourth-order valence-electron chi connectivity index (χ4n) is 2.62. The van der Waals surface area contributed by atoms with Gasteiger partial charge in [0.05, 0.1) is 19.0 Å². The van der Waals surface area contributed by atoms with E-state index in [-0.39, 0.29) is 31.3 Å². The van der Waals surface area contributed by atoms with E-state index in [4.69, 9.17) is 5.73 Å². The predicted octanol–water partition coefficient (Wildman–Crippen LogP) is 1.73. The van der Waals surface area contributed by atoms with Gasteiger partial charge in [-0.15, -0.1) is 12.4 Å². The SMILES string of the molecule is CCc1ccccc1N1CC(C(=O)NCC(F)(F)CN)CC1=O.Cl. The van der Waals surface area contributed by atoms with Crippen LogP contribution in [0, 0.1) is 5.92 Å². The van der Waals surface area contributed by atoms with E-state index in [0.29, 0.717) is 0 Å². The normalized spacial score (nSPS) is 17.6. The number of para-hydroxylation sites is 1. The summed E-state index contributed by atoms with van der Waals surface area (Å²) in [5.41, 5.74) is 6.73. The summed E-state index contributed by atoms with van der Waals surface area (Å²) in [4.78, 5) is 25.8. The maximum Gasteiger partial charge on any atom is 0.277 e. The maximum absolute atomic E-state index is 13.1. The van der Waals surface area contributed by atoms with Crippen molar-refractivity contribution in [2.75, 3.05) is 24.5 Å². The van der Waals surface area contributed by atoms with Gasteiger partial charge in [0.15, 0.2) is 0 Å². The van der Waals surface area contributed by atoms with Crippen molar-refractivity contribution < 1.29 is 18.4 Å². The molecule has 0 aliphatic carbocycles. The fourth-order valence-corrected chi connectivity index (χ4v) is 2.62. The number of rotatable bonds is 6. The molecule has 1 aliphatic heterocycles. The average molecular weight is 362 g/mol. The molecule has 0 radical (unpaired) electrons. The molecule has 3 N–H and O–H groups in total. The molecule has 8 heteroatoms. The maximum atomic E-state index is 13.1. The molecule has 1 aromatic rings. The van der Waals surface area contributed by atoms with E-state index < -0.39 is 30.8 Å². The van der Waals surface area contributed by atoms with Gasteiger partial charge in [0.2, 0.25) is 11.8 Å². The van der Waals surface area contributed by atoms with Gasteiger partial charge in [-0.3, -0.25) is 9.59 Å². The Bertz CT molecular complexity index is 598. The van der Waals surface area contributed by atoms with Crippen LogP contribution in [0.1, 0.15) is 18.9 Å². The number of amides is 2. The minimum atomic E-state index is -3.13. The third-order valence-electron chi connectivity index (χ3n) is 3.98. The molecule has 1 aromatic carbocycles. The second-order valence-corrected chi connectivity index (χ2v) is 5.67. The Hall–Kier alpha value is -1.73. The largest absolute Gasteiger partial charge is 0.350 e. The first-order valence-electron chi connectivity index (χ1n) is 7.62. The van der Waals surface area contributed by atoms with Crippen LogP contribution in [0.25, 0.3) is 0 Å². The summed E-state index contributed by atoms with van der Waals surface area (Å²) in [6.45, 7) is 0.555. The second-order valence-electron chi connectivity index (χ2n) is 5.67. The third kappa shape index (κ3) is 4.64. The van der Waals surface area contributed by atoms with Crippen molar-refractivity contribution in [3.8, 4) is 0 Å². The lowest BCUT2D eigenvalue weighted by Gasteiger charge is -2.20. The van der Waals surface area contributed by atoms with Gasteiger partial charge in [-0.1, -0.05) is 25.1 Å². The zero-order chi connectivity index (χ0) is 17.0. The number of nitrogens with zero attached hydrogens (tertiary/aromatic N) is 1. The molecule has 1 atom stereocenters. The molecular formula is C16H22ClF2N3O2. The second kappa shape index (κ2) is 8.39. The van der Waals surface area contributed by atoms with Gasteiger partial charge in [0.1, 0.15) is 0 Å². The molecule has 0 spiro atoms. The molecule has 1 unspecified atom stereocenters. The Balaban J connectivity index is 0.00000288. The molecule has 0 aromatic heterocycles. The standard InChI is InChI=1S/C16H21F2N3O2.ClH/c1-2-11-5-3-4-6-13(11)21-8-12(7-14(21)22)15(23)20-10-16(17,18)9-19;/h3-6,12H,2,7-10,19H2,1H3,(H,20,23);1H. The highest BCUT2D eigenvalue weighted by molar-refractivity contribution is 6.00. The van der Waals surface area contributed by atoms with Crippen LogP contribution in [0.2, 0.25) is 0 Å². The number of benzene rings is 1. The molecule has 24 heavy (non-hydrogen) atoms. The van der Waals surface area contributed by atoms with E-state index in [0.717, 1.165) is 17.7 Å². The Morgan fingerprint density at radius 2 is 2.08 bits per heavy atom. The molecule has 0 saturated carbocycles. The first-order valence-corrected chi connectivity index (χ1v) is 7.62. The Morgan fingerprint density at radius 1 is 1.42 bits per heavy atom. The lowest BCUT2D eigenvalue weighted by molar-refractivity contribution is -0.127. The number of halogens is 3. The van der Waals surface area contributed by atoms with Crippen molar-refractivity contribution in [2.24, 2.45) is 11.7 Å². The number of nitrogens with one attached hydrogen (secondary N) is 1. The summed E-state index contributed by atoms with van der Waals surface area (Å²) < 4.78 is 26.2. The summed E-state index contributed by atoms with van der Waals surface area (Å²) in [6.07, 6.45) is 0.789. The zero-order valence-corrected chi connectivity index (χ0v) is 14.2. The van der Waals surface area contributed by atoms with Crippen molar-refractivity contribution >= 4 is 29.9 Å². The fraction of sp³-hybridized carbons (Fsp3) is 0.500. The smallest absolute Gasteiger partial charge is 0.277 e. The summed E-state index contributed by atoms with van der Waals surface area (Å²) >= 11 is 0.